The summed E-state index contributed by atoms with van der Waals surface area (Å²) in [7, 11) is 0. The molecule has 8 nitrogen and oxygen atoms in total. The van der Waals surface area contributed by atoms with Gasteiger partial charge in [0.15, 0.2) is 5.78 Å². The van der Waals surface area contributed by atoms with Gasteiger partial charge in [0.2, 0.25) is 5.91 Å². The van der Waals surface area contributed by atoms with Crippen molar-refractivity contribution in [1.82, 2.24) is 5.32 Å². The number of amides is 1. The van der Waals surface area contributed by atoms with E-state index in [0.717, 1.165) is 44.9 Å². The van der Waals surface area contributed by atoms with Crippen molar-refractivity contribution in [3.8, 4) is 0 Å². The van der Waals surface area contributed by atoms with Crippen molar-refractivity contribution in [2.75, 3.05) is 6.61 Å². The number of ketones is 1. The average molecular weight is 476 g/mol. The number of carbonyl (C=O) groups excluding carboxylic acids is 3. The molecule has 3 N–H and O–H groups in total. The molecule has 4 aliphatic carbocycles. The number of carbonyl (C=O) groups is 4. The summed E-state index contributed by atoms with van der Waals surface area (Å²) in [5.41, 5.74) is 1.38. The molecule has 4 aliphatic rings. The molecule has 4 rings (SSSR count). The second-order valence-electron chi connectivity index (χ2n) is 11.2. The number of hydrogen-bond acceptors (Lipinski definition) is 6. The molecule has 0 spiro atoms. The van der Waals surface area contributed by atoms with Crippen LogP contribution in [0.25, 0.3) is 0 Å². The first kappa shape index (κ1) is 24.9. The zero-order valence-electron chi connectivity index (χ0n) is 20.2. The summed E-state index contributed by atoms with van der Waals surface area (Å²) in [5, 5.41) is 20.1. The summed E-state index contributed by atoms with van der Waals surface area (Å²) < 4.78 is 5.90. The van der Waals surface area contributed by atoms with Crippen LogP contribution in [0.5, 0.6) is 0 Å². The molecule has 3 saturated carbocycles. The molecule has 34 heavy (non-hydrogen) atoms. The van der Waals surface area contributed by atoms with E-state index in [1.807, 2.05) is 6.08 Å². The number of hydrogen-bond donors (Lipinski definition) is 3. The third kappa shape index (κ3) is 4.41. The first-order valence-electron chi connectivity index (χ1n) is 12.6. The van der Waals surface area contributed by atoms with Gasteiger partial charge in [-0.2, -0.15) is 0 Å². The van der Waals surface area contributed by atoms with Crippen LogP contribution in [0, 0.1) is 28.6 Å². The largest absolute Gasteiger partial charge is 0.480 e. The van der Waals surface area contributed by atoms with Crippen LogP contribution >= 0.6 is 0 Å². The third-order valence-corrected chi connectivity index (χ3v) is 9.52. The lowest BCUT2D eigenvalue weighted by Gasteiger charge is -2.57. The Hall–Kier alpha value is -2.22. The number of rotatable bonds is 7. The van der Waals surface area contributed by atoms with Gasteiger partial charge in [0.1, 0.15) is 12.1 Å². The lowest BCUT2D eigenvalue weighted by Crippen LogP contribution is -2.51. The number of allylic oxidation sites excluding steroid dienone is 1. The molecule has 0 radical (unpaired) electrons. The molecule has 0 bridgehead atoms. The molecule has 0 aromatic heterocycles. The summed E-state index contributed by atoms with van der Waals surface area (Å²) in [6.45, 7) is 3.90. The molecule has 0 saturated heterocycles. The second kappa shape index (κ2) is 9.44. The third-order valence-electron chi connectivity index (χ3n) is 9.52. The summed E-state index contributed by atoms with van der Waals surface area (Å²) in [4.78, 5) is 47.4. The minimum Gasteiger partial charge on any atom is -0.480 e. The molecular formula is C26H37NO7. The minimum absolute atomic E-state index is 0.0769. The van der Waals surface area contributed by atoms with E-state index in [-0.39, 0.29) is 35.6 Å². The highest BCUT2D eigenvalue weighted by atomic mass is 16.5. The van der Waals surface area contributed by atoms with Crippen molar-refractivity contribution in [2.45, 2.75) is 90.2 Å². The molecule has 0 aromatic rings. The summed E-state index contributed by atoms with van der Waals surface area (Å²) in [6.07, 6.45) is 9.05. The molecule has 0 aliphatic heterocycles. The van der Waals surface area contributed by atoms with Crippen molar-refractivity contribution in [1.29, 1.82) is 0 Å². The van der Waals surface area contributed by atoms with Gasteiger partial charge in [-0.1, -0.05) is 19.4 Å². The van der Waals surface area contributed by atoms with Crippen molar-refractivity contribution < 1.29 is 34.1 Å². The van der Waals surface area contributed by atoms with Gasteiger partial charge >= 0.3 is 11.9 Å². The Morgan fingerprint density at radius 2 is 1.85 bits per heavy atom. The fraction of sp³-hybridized carbons (Fsp3) is 0.769. The van der Waals surface area contributed by atoms with Gasteiger partial charge in [-0.3, -0.25) is 14.4 Å². The quantitative estimate of drug-likeness (QED) is 0.483. The number of fused-ring (bicyclic) bond motifs is 5. The van der Waals surface area contributed by atoms with Gasteiger partial charge in [0.25, 0.3) is 0 Å². The van der Waals surface area contributed by atoms with E-state index < -0.39 is 30.5 Å². The van der Waals surface area contributed by atoms with Crippen LogP contribution in [-0.2, 0) is 23.9 Å². The number of nitrogens with one attached hydrogen (secondary N) is 1. The molecule has 3 fully saturated rings. The number of aliphatic hydroxyl groups excluding tert-OH is 1. The Kier molecular flexibility index (Phi) is 6.91. The van der Waals surface area contributed by atoms with Gasteiger partial charge in [-0.15, -0.1) is 0 Å². The van der Waals surface area contributed by atoms with Crippen LogP contribution < -0.4 is 5.32 Å². The fourth-order valence-electron chi connectivity index (χ4n) is 7.59. The van der Waals surface area contributed by atoms with E-state index in [1.54, 1.807) is 0 Å². The molecule has 1 amide bonds. The van der Waals surface area contributed by atoms with Crippen molar-refractivity contribution in [3.63, 3.8) is 0 Å². The zero-order valence-corrected chi connectivity index (χ0v) is 20.2. The first-order chi connectivity index (χ1) is 16.1. The standard InChI is InChI=1S/C26H37NO7/c1-25-11-9-16(29)13-15(25)3-4-17-18-5-6-21(26(18,2)12-10-19(17)25)34-23(31)8-7-22(30)27-20(14-28)24(32)33/h13,17-21,28H,3-12,14H2,1-2H3,(H,27,30)(H,32,33). The predicted molar refractivity (Wildman–Crippen MR) is 122 cm³/mol. The normalized spacial score (nSPS) is 37.5. The number of ether oxygens (including phenoxy) is 1. The summed E-state index contributed by atoms with van der Waals surface area (Å²) in [6, 6.07) is -1.37. The monoisotopic (exact) mass is 475 g/mol. The lowest BCUT2D eigenvalue weighted by atomic mass is 9.47. The maximum atomic E-state index is 12.6. The van der Waals surface area contributed by atoms with E-state index in [4.69, 9.17) is 14.9 Å². The molecule has 0 heterocycles. The Balaban J connectivity index is 1.35. The minimum atomic E-state index is -1.37. The van der Waals surface area contributed by atoms with Gasteiger partial charge in [-0.25, -0.2) is 4.79 Å². The topological polar surface area (TPSA) is 130 Å². The number of esters is 1. The van der Waals surface area contributed by atoms with E-state index in [1.165, 1.54) is 5.57 Å². The lowest BCUT2D eigenvalue weighted by molar-refractivity contribution is -0.160. The molecular weight excluding hydrogens is 438 g/mol. The molecule has 7 atom stereocenters. The number of carboxylic acid groups (broad SMARTS) is 1. The van der Waals surface area contributed by atoms with Crippen molar-refractivity contribution in [3.05, 3.63) is 11.6 Å². The fourth-order valence-corrected chi connectivity index (χ4v) is 7.59. The van der Waals surface area contributed by atoms with E-state index in [2.05, 4.69) is 19.2 Å². The number of aliphatic carboxylic acids is 1. The van der Waals surface area contributed by atoms with Crippen LogP contribution in [0.4, 0.5) is 0 Å². The van der Waals surface area contributed by atoms with Gasteiger partial charge in [0, 0.05) is 18.3 Å². The summed E-state index contributed by atoms with van der Waals surface area (Å²) in [5.74, 6) is -0.447. The predicted octanol–water partition coefficient (Wildman–Crippen LogP) is 2.77. The van der Waals surface area contributed by atoms with E-state index in [9.17, 15) is 19.2 Å². The summed E-state index contributed by atoms with van der Waals surface area (Å²) >= 11 is 0. The number of carboxylic acids is 1. The van der Waals surface area contributed by atoms with Crippen LogP contribution in [0.2, 0.25) is 0 Å². The van der Waals surface area contributed by atoms with Crippen molar-refractivity contribution >= 4 is 23.6 Å². The molecule has 0 aromatic carbocycles. The van der Waals surface area contributed by atoms with Gasteiger partial charge in [-0.05, 0) is 74.2 Å². The average Bonchev–Trinajstić information content (AvgIpc) is 3.12. The highest BCUT2D eigenvalue weighted by Crippen LogP contribution is 2.65. The second-order valence-corrected chi connectivity index (χ2v) is 11.2. The van der Waals surface area contributed by atoms with Crippen LogP contribution in [0.1, 0.15) is 78.1 Å². The van der Waals surface area contributed by atoms with E-state index in [0.29, 0.717) is 24.2 Å². The maximum absolute atomic E-state index is 12.6. The van der Waals surface area contributed by atoms with Crippen LogP contribution in [0.3, 0.4) is 0 Å². The van der Waals surface area contributed by atoms with E-state index >= 15 is 0 Å². The molecule has 7 unspecified atom stereocenters. The molecule has 188 valence electrons. The number of aliphatic hydroxyl groups is 1. The Morgan fingerprint density at radius 1 is 1.09 bits per heavy atom. The van der Waals surface area contributed by atoms with Gasteiger partial charge < -0.3 is 20.3 Å². The van der Waals surface area contributed by atoms with Crippen LogP contribution in [-0.4, -0.2) is 52.6 Å². The smallest absolute Gasteiger partial charge is 0.328 e. The van der Waals surface area contributed by atoms with Gasteiger partial charge in [0.05, 0.1) is 13.0 Å². The SMILES string of the molecule is CC12CCC(=O)C=C1CCC1C2CCC2(C)C(OC(=O)CCC(=O)NC(CO)C(=O)O)CCC12. The Bertz CT molecular complexity index is 898. The maximum Gasteiger partial charge on any atom is 0.328 e. The Labute approximate surface area is 200 Å². The highest BCUT2D eigenvalue weighted by molar-refractivity contribution is 5.91. The molecule has 8 heteroatoms. The zero-order chi connectivity index (χ0) is 24.7. The highest BCUT2D eigenvalue weighted by Gasteiger charge is 2.59. The van der Waals surface area contributed by atoms with Crippen molar-refractivity contribution in [2.24, 2.45) is 28.6 Å². The first-order valence-corrected chi connectivity index (χ1v) is 12.6. The van der Waals surface area contributed by atoms with Crippen LogP contribution in [0.15, 0.2) is 11.6 Å². The Morgan fingerprint density at radius 3 is 2.56 bits per heavy atom.